The third-order valence-electron chi connectivity index (χ3n) is 4.11. The van der Waals surface area contributed by atoms with Gasteiger partial charge in [-0.1, -0.05) is 18.4 Å². The number of nitrogens with zero attached hydrogens (tertiary/aromatic N) is 2. The number of hydrogen-bond donors (Lipinski definition) is 0. The van der Waals surface area contributed by atoms with Crippen molar-refractivity contribution in [3.05, 3.63) is 36.3 Å². The molecule has 0 spiro atoms. The fourth-order valence-electron chi connectivity index (χ4n) is 2.82. The summed E-state index contributed by atoms with van der Waals surface area (Å²) >= 11 is 0. The highest BCUT2D eigenvalue weighted by Crippen LogP contribution is 2.26. The van der Waals surface area contributed by atoms with E-state index in [-0.39, 0.29) is 18.5 Å². The molecule has 4 nitrogen and oxygen atoms in total. The van der Waals surface area contributed by atoms with E-state index < -0.39 is 0 Å². The van der Waals surface area contributed by atoms with Crippen molar-refractivity contribution in [1.29, 1.82) is 0 Å². The Hall–Kier alpha value is -1.99. The SMILES string of the molecule is C#CCN(CC=C)C(=O)c1ccc([C@H](C)N2CCCCC2)o1. The van der Waals surface area contributed by atoms with Crippen molar-refractivity contribution < 1.29 is 9.21 Å². The van der Waals surface area contributed by atoms with E-state index in [0.717, 1.165) is 18.8 Å². The van der Waals surface area contributed by atoms with Crippen LogP contribution >= 0.6 is 0 Å². The predicted octanol–water partition coefficient (Wildman–Crippen LogP) is 3.09. The molecular weight excluding hydrogens is 276 g/mol. The van der Waals surface area contributed by atoms with Gasteiger partial charge in [-0.25, -0.2) is 0 Å². The molecule has 1 saturated heterocycles. The van der Waals surface area contributed by atoms with Gasteiger partial charge in [-0.3, -0.25) is 9.69 Å². The number of carbonyl (C=O) groups excluding carboxylic acids is 1. The molecule has 0 N–H and O–H groups in total. The van der Waals surface area contributed by atoms with Crippen LogP contribution in [-0.2, 0) is 0 Å². The van der Waals surface area contributed by atoms with Crippen molar-refractivity contribution in [3.8, 4) is 12.3 Å². The highest BCUT2D eigenvalue weighted by Gasteiger charge is 2.23. The van der Waals surface area contributed by atoms with Crippen LogP contribution in [0.2, 0.25) is 0 Å². The maximum Gasteiger partial charge on any atom is 0.290 e. The Morgan fingerprint density at radius 3 is 2.86 bits per heavy atom. The summed E-state index contributed by atoms with van der Waals surface area (Å²) in [4.78, 5) is 16.4. The van der Waals surface area contributed by atoms with Crippen molar-refractivity contribution in [1.82, 2.24) is 9.80 Å². The Labute approximate surface area is 132 Å². The average molecular weight is 300 g/mol. The van der Waals surface area contributed by atoms with Gasteiger partial charge in [-0.2, -0.15) is 0 Å². The van der Waals surface area contributed by atoms with Gasteiger partial charge >= 0.3 is 0 Å². The highest BCUT2D eigenvalue weighted by atomic mass is 16.4. The Bertz CT molecular complexity index is 550. The minimum Gasteiger partial charge on any atom is -0.454 e. The van der Waals surface area contributed by atoms with Crippen LogP contribution in [0.4, 0.5) is 0 Å². The number of terminal acetylenes is 1. The first-order chi connectivity index (χ1) is 10.7. The van der Waals surface area contributed by atoms with Gasteiger partial charge in [-0.15, -0.1) is 13.0 Å². The summed E-state index contributed by atoms with van der Waals surface area (Å²) in [6.45, 7) is 8.63. The van der Waals surface area contributed by atoms with Gasteiger partial charge < -0.3 is 9.32 Å². The van der Waals surface area contributed by atoms with Gasteiger partial charge in [0.2, 0.25) is 0 Å². The topological polar surface area (TPSA) is 36.7 Å². The molecule has 0 aliphatic carbocycles. The van der Waals surface area contributed by atoms with E-state index in [1.54, 1.807) is 17.0 Å². The van der Waals surface area contributed by atoms with Crippen molar-refractivity contribution >= 4 is 5.91 Å². The molecule has 1 aromatic rings. The number of amides is 1. The lowest BCUT2D eigenvalue weighted by Gasteiger charge is -2.31. The van der Waals surface area contributed by atoms with Crippen molar-refractivity contribution in [2.24, 2.45) is 0 Å². The second-order valence-electron chi connectivity index (χ2n) is 5.65. The minimum atomic E-state index is -0.185. The average Bonchev–Trinajstić information content (AvgIpc) is 3.04. The third kappa shape index (κ3) is 3.80. The smallest absolute Gasteiger partial charge is 0.290 e. The Balaban J connectivity index is 2.07. The standard InChI is InChI=1S/C18H24N2O2/c1-4-11-20(12-5-2)18(21)17-10-9-16(22-17)15(3)19-13-7-6-8-14-19/h1,5,9-10,15H,2,6-8,11-14H2,3H3/t15-/m0/s1. The van der Waals surface area contributed by atoms with Gasteiger partial charge in [0.25, 0.3) is 5.91 Å². The molecule has 0 unspecified atom stereocenters. The highest BCUT2D eigenvalue weighted by molar-refractivity contribution is 5.91. The Morgan fingerprint density at radius 2 is 2.23 bits per heavy atom. The van der Waals surface area contributed by atoms with E-state index in [2.05, 4.69) is 24.3 Å². The van der Waals surface area contributed by atoms with Crippen molar-refractivity contribution in [3.63, 3.8) is 0 Å². The molecule has 118 valence electrons. The molecule has 2 rings (SSSR count). The second kappa shape index (κ2) is 7.86. The van der Waals surface area contributed by atoms with Crippen LogP contribution in [0.3, 0.4) is 0 Å². The summed E-state index contributed by atoms with van der Waals surface area (Å²) in [7, 11) is 0. The summed E-state index contributed by atoms with van der Waals surface area (Å²) in [5.74, 6) is 3.49. The summed E-state index contributed by atoms with van der Waals surface area (Å²) in [6, 6.07) is 3.83. The number of hydrogen-bond acceptors (Lipinski definition) is 3. The first-order valence-corrected chi connectivity index (χ1v) is 7.84. The predicted molar refractivity (Wildman–Crippen MR) is 87.5 cm³/mol. The molecule has 1 fully saturated rings. The van der Waals surface area contributed by atoms with E-state index in [9.17, 15) is 4.79 Å². The molecule has 1 aromatic heterocycles. The molecule has 1 aliphatic heterocycles. The lowest BCUT2D eigenvalue weighted by molar-refractivity contribution is 0.0753. The molecule has 0 radical (unpaired) electrons. The Morgan fingerprint density at radius 1 is 1.50 bits per heavy atom. The minimum absolute atomic E-state index is 0.185. The maximum atomic E-state index is 12.4. The second-order valence-corrected chi connectivity index (χ2v) is 5.65. The van der Waals surface area contributed by atoms with Gasteiger partial charge in [0.1, 0.15) is 5.76 Å². The zero-order valence-electron chi connectivity index (χ0n) is 13.3. The first-order valence-electron chi connectivity index (χ1n) is 7.84. The van der Waals surface area contributed by atoms with E-state index in [1.165, 1.54) is 19.3 Å². The molecule has 4 heteroatoms. The van der Waals surface area contributed by atoms with Crippen LogP contribution in [0.25, 0.3) is 0 Å². The summed E-state index contributed by atoms with van der Waals surface area (Å²) in [5.41, 5.74) is 0. The Kier molecular flexibility index (Phi) is 5.85. The van der Waals surface area contributed by atoms with E-state index >= 15 is 0 Å². The lowest BCUT2D eigenvalue weighted by atomic mass is 10.1. The maximum absolute atomic E-state index is 12.4. The normalized spacial score (nSPS) is 16.7. The summed E-state index contributed by atoms with van der Waals surface area (Å²) in [5, 5.41) is 0. The summed E-state index contributed by atoms with van der Waals surface area (Å²) < 4.78 is 5.80. The van der Waals surface area contributed by atoms with Crippen LogP contribution in [0.5, 0.6) is 0 Å². The molecule has 0 bridgehead atoms. The molecule has 1 aliphatic rings. The molecule has 1 amide bonds. The van der Waals surface area contributed by atoms with Crippen LogP contribution in [-0.4, -0.2) is 41.9 Å². The van der Waals surface area contributed by atoms with E-state index in [4.69, 9.17) is 10.8 Å². The molecule has 22 heavy (non-hydrogen) atoms. The number of rotatable bonds is 6. The van der Waals surface area contributed by atoms with E-state index in [1.807, 2.05) is 6.07 Å². The molecule has 0 saturated carbocycles. The monoisotopic (exact) mass is 300 g/mol. The van der Waals surface area contributed by atoms with Crippen LogP contribution in [0, 0.1) is 12.3 Å². The quantitative estimate of drug-likeness (QED) is 0.598. The molecular formula is C18H24N2O2. The van der Waals surface area contributed by atoms with Gasteiger partial charge in [0, 0.05) is 6.54 Å². The molecule has 1 atom stereocenters. The fourth-order valence-corrected chi connectivity index (χ4v) is 2.82. The van der Waals surface area contributed by atoms with Crippen molar-refractivity contribution in [2.45, 2.75) is 32.2 Å². The van der Waals surface area contributed by atoms with Gasteiger partial charge in [0.05, 0.1) is 12.6 Å². The number of furan rings is 1. The molecule has 0 aromatic carbocycles. The number of likely N-dealkylation sites (tertiary alicyclic amines) is 1. The van der Waals surface area contributed by atoms with Crippen LogP contribution in [0.15, 0.2) is 29.2 Å². The third-order valence-corrected chi connectivity index (χ3v) is 4.11. The van der Waals surface area contributed by atoms with Crippen LogP contribution in [0.1, 0.15) is 48.5 Å². The van der Waals surface area contributed by atoms with Gasteiger partial charge in [-0.05, 0) is 45.0 Å². The molecule has 2 heterocycles. The van der Waals surface area contributed by atoms with Crippen LogP contribution < -0.4 is 0 Å². The summed E-state index contributed by atoms with van der Waals surface area (Å²) in [6.07, 6.45) is 10.7. The number of piperidine rings is 1. The zero-order valence-corrected chi connectivity index (χ0v) is 13.3. The van der Waals surface area contributed by atoms with Crippen molar-refractivity contribution in [2.75, 3.05) is 26.2 Å². The van der Waals surface area contributed by atoms with Gasteiger partial charge in [0.15, 0.2) is 5.76 Å². The number of carbonyl (C=O) groups is 1. The lowest BCUT2D eigenvalue weighted by Crippen LogP contribution is -2.32. The largest absolute Gasteiger partial charge is 0.454 e. The van der Waals surface area contributed by atoms with E-state index in [0.29, 0.717) is 12.3 Å². The zero-order chi connectivity index (χ0) is 15.9. The fraction of sp³-hybridized carbons (Fsp3) is 0.500. The first kappa shape index (κ1) is 16.4.